The first-order valence-corrected chi connectivity index (χ1v) is 7.57. The van der Waals surface area contributed by atoms with E-state index >= 15 is 0 Å². The third-order valence-corrected chi connectivity index (χ3v) is 2.59. The highest BCUT2D eigenvalue weighted by Gasteiger charge is 2.13. The lowest BCUT2D eigenvalue weighted by Gasteiger charge is -2.05. The van der Waals surface area contributed by atoms with E-state index in [1.807, 2.05) is 50.3 Å². The molecule has 1 fully saturated rings. The molecule has 0 radical (unpaired) electrons. The number of aldehydes is 1. The molecule has 0 aromatic rings. The molecule has 0 unspecified atom stereocenters. The molecule has 1 aliphatic heterocycles. The molecule has 1 saturated heterocycles. The molecule has 0 spiro atoms. The van der Waals surface area contributed by atoms with Gasteiger partial charge in [-0.3, -0.25) is 0 Å². The van der Waals surface area contributed by atoms with Crippen LogP contribution in [0.1, 0.15) is 39.5 Å². The minimum Gasteiger partial charge on any atom is -0.350 e. The van der Waals surface area contributed by atoms with Gasteiger partial charge in [-0.2, -0.15) is 0 Å². The van der Waals surface area contributed by atoms with E-state index in [4.69, 9.17) is 9.47 Å². The second-order valence-electron chi connectivity index (χ2n) is 4.40. The summed E-state index contributed by atoms with van der Waals surface area (Å²) in [5.74, 6) is 0. The predicted octanol–water partition coefficient (Wildman–Crippen LogP) is 4.37. The van der Waals surface area contributed by atoms with Gasteiger partial charge in [-0.05, 0) is 26.7 Å². The Morgan fingerprint density at radius 3 is 1.95 bits per heavy atom. The van der Waals surface area contributed by atoms with Gasteiger partial charge < -0.3 is 14.3 Å². The summed E-state index contributed by atoms with van der Waals surface area (Å²) in [7, 11) is 0. The molecule has 3 nitrogen and oxygen atoms in total. The second-order valence-corrected chi connectivity index (χ2v) is 4.40. The van der Waals surface area contributed by atoms with E-state index < -0.39 is 0 Å². The molecule has 0 aromatic heterocycles. The van der Waals surface area contributed by atoms with Crippen LogP contribution in [0.25, 0.3) is 0 Å². The van der Waals surface area contributed by atoms with Crippen molar-refractivity contribution < 1.29 is 14.3 Å². The number of hydrogen-bond donors (Lipinski definition) is 0. The van der Waals surface area contributed by atoms with E-state index in [2.05, 4.69) is 12.2 Å². The van der Waals surface area contributed by atoms with Crippen LogP contribution in [0.2, 0.25) is 0 Å². The Morgan fingerprint density at radius 1 is 0.857 bits per heavy atom. The lowest BCUT2D eigenvalue weighted by atomic mass is 10.3. The highest BCUT2D eigenvalue weighted by molar-refractivity contribution is 5.49. The van der Waals surface area contributed by atoms with Crippen LogP contribution in [-0.4, -0.2) is 25.8 Å². The average Bonchev–Trinajstić information content (AvgIpc) is 3.01. The van der Waals surface area contributed by atoms with Crippen LogP contribution in [0.3, 0.4) is 0 Å². The summed E-state index contributed by atoms with van der Waals surface area (Å²) in [6, 6.07) is 0. The van der Waals surface area contributed by atoms with Crippen molar-refractivity contribution in [3.63, 3.8) is 0 Å². The largest absolute Gasteiger partial charge is 0.350 e. The number of hydrogen-bond acceptors (Lipinski definition) is 3. The minimum atomic E-state index is 0.0419. The minimum absolute atomic E-state index is 0.0419. The normalized spacial score (nSPS) is 16.3. The van der Waals surface area contributed by atoms with Crippen molar-refractivity contribution in [2.24, 2.45) is 0 Å². The lowest BCUT2D eigenvalue weighted by molar-refractivity contribution is -0.107. The molecule has 0 amide bonds. The first-order valence-electron chi connectivity index (χ1n) is 7.57. The first-order chi connectivity index (χ1) is 10.3. The maximum absolute atomic E-state index is 9.79. The average molecular weight is 292 g/mol. The van der Waals surface area contributed by atoms with E-state index in [1.54, 1.807) is 0 Å². The van der Waals surface area contributed by atoms with Gasteiger partial charge in [0.15, 0.2) is 6.29 Å². The molecule has 118 valence electrons. The number of ether oxygens (including phenoxy) is 2. The molecule has 0 bridgehead atoms. The van der Waals surface area contributed by atoms with Crippen molar-refractivity contribution in [2.45, 2.75) is 45.8 Å². The summed E-state index contributed by atoms with van der Waals surface area (Å²) in [6.45, 7) is 5.48. The van der Waals surface area contributed by atoms with Crippen LogP contribution >= 0.6 is 0 Å². The maximum atomic E-state index is 9.79. The zero-order chi connectivity index (χ0) is 15.6. The van der Waals surface area contributed by atoms with E-state index in [9.17, 15) is 4.79 Å². The van der Waals surface area contributed by atoms with E-state index in [0.29, 0.717) is 6.42 Å². The second kappa shape index (κ2) is 16.6. The molecule has 0 N–H and O–H groups in total. The Bertz CT molecular complexity index is 334. The SMILES string of the molecule is C/C=C/C=C\CCC1OCCO1.C/C=C/C=C\CCC=O. The van der Waals surface area contributed by atoms with Crippen molar-refractivity contribution in [1.82, 2.24) is 0 Å². The zero-order valence-electron chi connectivity index (χ0n) is 13.2. The smallest absolute Gasteiger partial charge is 0.158 e. The van der Waals surface area contributed by atoms with Crippen LogP contribution in [0.5, 0.6) is 0 Å². The monoisotopic (exact) mass is 292 g/mol. The molecule has 0 aliphatic carbocycles. The summed E-state index contributed by atoms with van der Waals surface area (Å²) in [5, 5.41) is 0. The highest BCUT2D eigenvalue weighted by Crippen LogP contribution is 2.10. The molecule has 0 aromatic carbocycles. The van der Waals surface area contributed by atoms with E-state index in [-0.39, 0.29) is 6.29 Å². The molecule has 1 rings (SSSR count). The molecule has 21 heavy (non-hydrogen) atoms. The van der Waals surface area contributed by atoms with Gasteiger partial charge in [0.1, 0.15) is 6.29 Å². The summed E-state index contributed by atoms with van der Waals surface area (Å²) in [6.07, 6.45) is 20.5. The molecular formula is C18H28O3. The standard InChI is InChI=1S/C10H16O2.C8H12O/c1-2-3-4-5-6-7-10-11-8-9-12-10;1-2-3-4-5-6-7-8-9/h2-5,10H,6-9H2,1H3;2-5,8H,6-7H2,1H3/b2*3-2+,5-4-. The fourth-order valence-electron chi connectivity index (χ4n) is 1.54. The van der Waals surface area contributed by atoms with E-state index in [1.165, 1.54) is 0 Å². The number of allylic oxidation sites excluding steroid dienone is 8. The third kappa shape index (κ3) is 14.8. The Kier molecular flexibility index (Phi) is 15.5. The van der Waals surface area contributed by atoms with Crippen molar-refractivity contribution in [1.29, 1.82) is 0 Å². The molecule has 0 saturated carbocycles. The first kappa shape index (κ1) is 19.6. The van der Waals surface area contributed by atoms with Gasteiger partial charge in [0.25, 0.3) is 0 Å². The molecule has 1 aliphatic rings. The zero-order valence-corrected chi connectivity index (χ0v) is 13.2. The highest BCUT2D eigenvalue weighted by atomic mass is 16.7. The number of carbonyl (C=O) groups is 1. The number of carbonyl (C=O) groups excluding carboxylic acids is 1. The quantitative estimate of drug-likeness (QED) is 0.378. The molecule has 1 heterocycles. The number of rotatable bonds is 8. The maximum Gasteiger partial charge on any atom is 0.158 e. The lowest BCUT2D eigenvalue weighted by Crippen LogP contribution is -2.05. The van der Waals surface area contributed by atoms with Gasteiger partial charge in [-0.1, -0.05) is 48.6 Å². The van der Waals surface area contributed by atoms with E-state index in [0.717, 1.165) is 38.8 Å². The van der Waals surface area contributed by atoms with Gasteiger partial charge in [-0.25, -0.2) is 0 Å². The van der Waals surface area contributed by atoms with Crippen molar-refractivity contribution in [3.05, 3.63) is 48.6 Å². The summed E-state index contributed by atoms with van der Waals surface area (Å²) < 4.78 is 10.6. The van der Waals surface area contributed by atoms with Gasteiger partial charge in [0.05, 0.1) is 13.2 Å². The van der Waals surface area contributed by atoms with Gasteiger partial charge >= 0.3 is 0 Å². The van der Waals surface area contributed by atoms with Crippen LogP contribution in [0, 0.1) is 0 Å². The summed E-state index contributed by atoms with van der Waals surface area (Å²) in [4.78, 5) is 9.79. The number of unbranched alkanes of at least 4 members (excludes halogenated alkanes) is 1. The molecular weight excluding hydrogens is 264 g/mol. The Hall–Kier alpha value is -1.45. The van der Waals surface area contributed by atoms with Crippen molar-refractivity contribution in [2.75, 3.05) is 13.2 Å². The fourth-order valence-corrected chi connectivity index (χ4v) is 1.54. The molecule has 3 heteroatoms. The van der Waals surface area contributed by atoms with Gasteiger partial charge in [-0.15, -0.1) is 0 Å². The van der Waals surface area contributed by atoms with Crippen molar-refractivity contribution in [3.8, 4) is 0 Å². The summed E-state index contributed by atoms with van der Waals surface area (Å²) >= 11 is 0. The fraction of sp³-hybridized carbons (Fsp3) is 0.500. The van der Waals surface area contributed by atoms with Gasteiger partial charge in [0, 0.05) is 12.8 Å². The van der Waals surface area contributed by atoms with Gasteiger partial charge in [0.2, 0.25) is 0 Å². The van der Waals surface area contributed by atoms with Crippen LogP contribution in [0.15, 0.2) is 48.6 Å². The molecule has 0 atom stereocenters. The third-order valence-electron chi connectivity index (χ3n) is 2.59. The van der Waals surface area contributed by atoms with Crippen LogP contribution < -0.4 is 0 Å². The Morgan fingerprint density at radius 2 is 1.43 bits per heavy atom. The van der Waals surface area contributed by atoms with Crippen molar-refractivity contribution >= 4 is 6.29 Å². The Balaban J connectivity index is 0.000000400. The summed E-state index contributed by atoms with van der Waals surface area (Å²) in [5.41, 5.74) is 0. The predicted molar refractivity (Wildman–Crippen MR) is 88.1 cm³/mol. The van der Waals surface area contributed by atoms with Crippen LogP contribution in [-0.2, 0) is 14.3 Å². The van der Waals surface area contributed by atoms with Crippen LogP contribution in [0.4, 0.5) is 0 Å². The Labute approximate surface area is 129 Å². The topological polar surface area (TPSA) is 35.5 Å².